The number of alkyl carbamates (subject to hydrolysis) is 1. The lowest BCUT2D eigenvalue weighted by atomic mass is 10.2. The Hall–Kier alpha value is -2.82. The van der Waals surface area contributed by atoms with Crippen molar-refractivity contribution in [1.82, 2.24) is 15.3 Å². The third-order valence-corrected chi connectivity index (χ3v) is 2.43. The molecule has 0 radical (unpaired) electrons. The van der Waals surface area contributed by atoms with Crippen molar-refractivity contribution in [1.29, 1.82) is 0 Å². The number of carbonyl (C=O) groups excluding carboxylic acids is 2. The minimum Gasteiger partial charge on any atom is -0.467 e. The van der Waals surface area contributed by atoms with Crippen molar-refractivity contribution in [3.05, 3.63) is 18.2 Å². The van der Waals surface area contributed by atoms with Crippen molar-refractivity contribution in [2.75, 3.05) is 12.8 Å². The molecule has 124 valence electrons. The van der Waals surface area contributed by atoms with Gasteiger partial charge in [0.2, 0.25) is 0 Å². The average Bonchev–Trinajstić information content (AvgIpc) is 2.45. The van der Waals surface area contributed by atoms with Crippen LogP contribution in [0.4, 0.5) is 10.5 Å². The van der Waals surface area contributed by atoms with E-state index in [1.807, 2.05) is 0 Å². The molecule has 1 aromatic heterocycles. The summed E-state index contributed by atoms with van der Waals surface area (Å²) < 4.78 is 9.74. The summed E-state index contributed by atoms with van der Waals surface area (Å²) >= 11 is 0. The fraction of sp³-hybridized carbons (Fsp3) is 0.467. The fourth-order valence-corrected chi connectivity index (χ4v) is 1.47. The molecule has 0 aliphatic carbocycles. The van der Waals surface area contributed by atoms with Gasteiger partial charge in [0.05, 0.1) is 19.0 Å². The SMILES string of the molecule is COC(=O)[C@H](CC#Cc1ncncc1N)NC(=O)OC(C)(C)C. The van der Waals surface area contributed by atoms with Crippen LogP contribution in [0.5, 0.6) is 0 Å². The third kappa shape index (κ3) is 6.65. The summed E-state index contributed by atoms with van der Waals surface area (Å²) in [6.45, 7) is 5.16. The van der Waals surface area contributed by atoms with Gasteiger partial charge in [-0.15, -0.1) is 0 Å². The Morgan fingerprint density at radius 2 is 2.13 bits per heavy atom. The largest absolute Gasteiger partial charge is 0.467 e. The van der Waals surface area contributed by atoms with Gasteiger partial charge in [-0.3, -0.25) is 0 Å². The highest BCUT2D eigenvalue weighted by atomic mass is 16.6. The van der Waals surface area contributed by atoms with Gasteiger partial charge in [0, 0.05) is 6.42 Å². The minimum absolute atomic E-state index is 0.0232. The smallest absolute Gasteiger partial charge is 0.408 e. The summed E-state index contributed by atoms with van der Waals surface area (Å²) in [5, 5.41) is 2.42. The standard InChI is InChI=1S/C15H20N4O4/c1-15(2,3)23-14(21)19-12(13(20)22-4)7-5-6-11-10(16)8-17-9-18-11/h8-9,12H,7,16H2,1-4H3,(H,19,21)/t12-/m0/s1. The molecule has 0 spiro atoms. The molecule has 1 amide bonds. The molecule has 1 atom stereocenters. The molecule has 8 nitrogen and oxygen atoms in total. The van der Waals surface area contributed by atoms with Gasteiger partial charge < -0.3 is 20.5 Å². The number of hydrogen-bond acceptors (Lipinski definition) is 7. The van der Waals surface area contributed by atoms with Crippen LogP contribution in [0.3, 0.4) is 0 Å². The summed E-state index contributed by atoms with van der Waals surface area (Å²) in [5.74, 6) is 4.83. The number of nitrogens with zero attached hydrogens (tertiary/aromatic N) is 2. The fourth-order valence-electron chi connectivity index (χ4n) is 1.47. The number of anilines is 1. The number of esters is 1. The zero-order chi connectivity index (χ0) is 17.5. The first kappa shape index (κ1) is 18.2. The van der Waals surface area contributed by atoms with Gasteiger partial charge >= 0.3 is 12.1 Å². The molecule has 0 saturated carbocycles. The number of nitrogens with two attached hydrogens (primary N) is 1. The molecule has 1 rings (SSSR count). The number of amides is 1. The van der Waals surface area contributed by atoms with E-state index >= 15 is 0 Å². The zero-order valence-corrected chi connectivity index (χ0v) is 13.5. The van der Waals surface area contributed by atoms with Crippen molar-refractivity contribution >= 4 is 17.7 Å². The molecule has 1 heterocycles. The van der Waals surface area contributed by atoms with Crippen LogP contribution in [-0.2, 0) is 14.3 Å². The highest BCUT2D eigenvalue weighted by Crippen LogP contribution is 2.08. The summed E-state index contributed by atoms with van der Waals surface area (Å²) in [7, 11) is 1.22. The Morgan fingerprint density at radius 3 is 2.70 bits per heavy atom. The van der Waals surface area contributed by atoms with Gasteiger partial charge in [-0.05, 0) is 26.7 Å². The summed E-state index contributed by atoms with van der Waals surface area (Å²) in [6.07, 6.45) is 2.04. The van der Waals surface area contributed by atoms with E-state index in [1.54, 1.807) is 20.8 Å². The molecule has 8 heteroatoms. The lowest BCUT2D eigenvalue weighted by Crippen LogP contribution is -2.43. The molecule has 0 aliphatic rings. The number of rotatable bonds is 3. The Bertz CT molecular complexity index is 628. The quantitative estimate of drug-likeness (QED) is 0.627. The molecule has 1 aromatic rings. The van der Waals surface area contributed by atoms with Gasteiger partial charge in [0.15, 0.2) is 0 Å². The molecule has 0 fully saturated rings. The summed E-state index contributed by atoms with van der Waals surface area (Å²) in [4.78, 5) is 31.1. The van der Waals surface area contributed by atoms with Crippen LogP contribution in [0, 0.1) is 11.8 Å². The van der Waals surface area contributed by atoms with Gasteiger partial charge in [0.1, 0.15) is 23.7 Å². The van der Waals surface area contributed by atoms with Gasteiger partial charge in [-0.2, -0.15) is 0 Å². The third-order valence-electron chi connectivity index (χ3n) is 2.43. The maximum Gasteiger partial charge on any atom is 0.408 e. The number of ether oxygens (including phenoxy) is 2. The first-order chi connectivity index (χ1) is 10.7. The normalized spacial score (nSPS) is 11.7. The van der Waals surface area contributed by atoms with Crippen molar-refractivity contribution in [2.45, 2.75) is 38.8 Å². The van der Waals surface area contributed by atoms with E-state index in [9.17, 15) is 9.59 Å². The average molecular weight is 320 g/mol. The Balaban J connectivity index is 2.75. The predicted molar refractivity (Wildman–Crippen MR) is 83.1 cm³/mol. The highest BCUT2D eigenvalue weighted by Gasteiger charge is 2.24. The number of nitrogen functional groups attached to an aromatic ring is 1. The topological polar surface area (TPSA) is 116 Å². The molecule has 0 bridgehead atoms. The molecule has 0 unspecified atom stereocenters. The summed E-state index contributed by atoms with van der Waals surface area (Å²) in [6, 6.07) is -0.953. The molecule has 0 aromatic carbocycles. The first-order valence-corrected chi connectivity index (χ1v) is 6.84. The van der Waals surface area contributed by atoms with Gasteiger partial charge in [0.25, 0.3) is 0 Å². The van der Waals surface area contributed by atoms with Crippen LogP contribution >= 0.6 is 0 Å². The Kier molecular flexibility index (Phi) is 6.33. The molecule has 23 heavy (non-hydrogen) atoms. The lowest BCUT2D eigenvalue weighted by molar-refractivity contribution is -0.143. The molecule has 0 aliphatic heterocycles. The van der Waals surface area contributed by atoms with Crippen LogP contribution in [-0.4, -0.2) is 40.8 Å². The zero-order valence-electron chi connectivity index (χ0n) is 13.5. The molecular formula is C15H20N4O4. The van der Waals surface area contributed by atoms with Crippen molar-refractivity contribution in [2.24, 2.45) is 0 Å². The van der Waals surface area contributed by atoms with E-state index in [0.29, 0.717) is 11.4 Å². The van der Waals surface area contributed by atoms with Crippen LogP contribution in [0.15, 0.2) is 12.5 Å². The highest BCUT2D eigenvalue weighted by molar-refractivity contribution is 5.81. The summed E-state index contributed by atoms with van der Waals surface area (Å²) in [5.41, 5.74) is 5.67. The van der Waals surface area contributed by atoms with Gasteiger partial charge in [-0.25, -0.2) is 19.6 Å². The first-order valence-electron chi connectivity index (χ1n) is 6.84. The predicted octanol–water partition coefficient (Wildman–Crippen LogP) is 0.867. The molecule has 3 N–H and O–H groups in total. The second-order valence-corrected chi connectivity index (χ2v) is 5.55. The van der Waals surface area contributed by atoms with E-state index in [2.05, 4.69) is 31.9 Å². The maximum absolute atomic E-state index is 11.7. The lowest BCUT2D eigenvalue weighted by Gasteiger charge is -2.21. The number of carbonyl (C=O) groups is 2. The van der Waals surface area contributed by atoms with E-state index in [4.69, 9.17) is 10.5 Å². The maximum atomic E-state index is 11.7. The number of aromatic nitrogens is 2. The Labute approximate surface area is 134 Å². The van der Waals surface area contributed by atoms with E-state index in [-0.39, 0.29) is 6.42 Å². The van der Waals surface area contributed by atoms with Crippen molar-refractivity contribution < 1.29 is 19.1 Å². The molecular weight excluding hydrogens is 300 g/mol. The number of hydrogen-bond donors (Lipinski definition) is 2. The number of methoxy groups -OCH3 is 1. The second kappa shape index (κ2) is 7.98. The van der Waals surface area contributed by atoms with E-state index < -0.39 is 23.7 Å². The van der Waals surface area contributed by atoms with E-state index in [1.165, 1.54) is 19.6 Å². The monoisotopic (exact) mass is 320 g/mol. The van der Waals surface area contributed by atoms with Crippen molar-refractivity contribution in [3.63, 3.8) is 0 Å². The van der Waals surface area contributed by atoms with Crippen LogP contribution in [0.1, 0.15) is 32.9 Å². The van der Waals surface area contributed by atoms with E-state index in [0.717, 1.165) is 0 Å². The minimum atomic E-state index is -0.953. The molecule has 0 saturated heterocycles. The Morgan fingerprint density at radius 1 is 1.43 bits per heavy atom. The van der Waals surface area contributed by atoms with Crippen LogP contribution in [0.25, 0.3) is 0 Å². The van der Waals surface area contributed by atoms with Gasteiger partial charge in [-0.1, -0.05) is 5.92 Å². The second-order valence-electron chi connectivity index (χ2n) is 5.55. The van der Waals surface area contributed by atoms with Crippen molar-refractivity contribution in [3.8, 4) is 11.8 Å². The number of nitrogens with one attached hydrogen (secondary N) is 1. The van der Waals surface area contributed by atoms with Crippen LogP contribution in [0.2, 0.25) is 0 Å². The van der Waals surface area contributed by atoms with Crippen LogP contribution < -0.4 is 11.1 Å².